The van der Waals surface area contributed by atoms with Crippen molar-refractivity contribution in [1.82, 2.24) is 0 Å². The van der Waals surface area contributed by atoms with E-state index >= 15 is 0 Å². The van der Waals surface area contributed by atoms with Gasteiger partial charge in [-0.15, -0.1) is 0 Å². The minimum absolute atomic E-state index is 0.0300. The number of nitrogens with zero attached hydrogens (tertiary/aromatic N) is 1. The van der Waals surface area contributed by atoms with Crippen LogP contribution in [0.5, 0.6) is 0 Å². The Hall–Kier alpha value is -1.32. The molecular formula is C21H27Cl2NO5S2. The van der Waals surface area contributed by atoms with Crippen LogP contribution in [-0.2, 0) is 26.5 Å². The average molecular weight is 508 g/mol. The van der Waals surface area contributed by atoms with E-state index in [1.807, 2.05) is 0 Å². The zero-order chi connectivity index (χ0) is 23.4. The highest BCUT2D eigenvalue weighted by molar-refractivity contribution is 7.93. The number of aliphatic hydroxyl groups excluding tert-OH is 1. The summed E-state index contributed by atoms with van der Waals surface area (Å²) < 4.78 is 52.7. The lowest BCUT2D eigenvalue weighted by Crippen LogP contribution is -2.39. The number of halogens is 2. The Morgan fingerprint density at radius 2 is 1.52 bits per heavy atom. The van der Waals surface area contributed by atoms with E-state index in [9.17, 15) is 21.9 Å². The summed E-state index contributed by atoms with van der Waals surface area (Å²) in [5.41, 5.74) is 0.646. The lowest BCUT2D eigenvalue weighted by atomic mass is 10.1. The maximum atomic E-state index is 13.6. The summed E-state index contributed by atoms with van der Waals surface area (Å²) >= 11 is 12.0. The Bertz CT molecular complexity index is 1100. The summed E-state index contributed by atoms with van der Waals surface area (Å²) in [6.07, 6.45) is 0.597. The third kappa shape index (κ3) is 6.35. The van der Waals surface area contributed by atoms with Crippen molar-refractivity contribution in [1.29, 1.82) is 0 Å². The first-order valence-corrected chi connectivity index (χ1v) is 13.7. The first kappa shape index (κ1) is 25.9. The normalized spacial score (nSPS) is 13.4. The summed E-state index contributed by atoms with van der Waals surface area (Å²) in [7, 11) is -7.29. The molecule has 0 radical (unpaired) electrons. The van der Waals surface area contributed by atoms with Gasteiger partial charge in [-0.3, -0.25) is 4.31 Å². The number of aliphatic hydroxyl groups is 1. The van der Waals surface area contributed by atoms with E-state index in [2.05, 4.69) is 0 Å². The maximum absolute atomic E-state index is 13.6. The molecule has 2 aromatic carbocycles. The van der Waals surface area contributed by atoms with Crippen molar-refractivity contribution in [3.63, 3.8) is 0 Å². The van der Waals surface area contributed by atoms with Crippen LogP contribution < -0.4 is 4.31 Å². The first-order chi connectivity index (χ1) is 14.4. The predicted molar refractivity (Wildman–Crippen MR) is 126 cm³/mol. The third-order valence-electron chi connectivity index (χ3n) is 4.99. The highest BCUT2D eigenvalue weighted by Gasteiger charge is 2.31. The highest BCUT2D eigenvalue weighted by Crippen LogP contribution is 2.33. The third-order valence-corrected chi connectivity index (χ3v) is 9.72. The topological polar surface area (TPSA) is 91.8 Å². The molecule has 0 bridgehead atoms. The Morgan fingerprint density at radius 1 is 0.935 bits per heavy atom. The van der Waals surface area contributed by atoms with Crippen LogP contribution in [0, 0.1) is 0 Å². The van der Waals surface area contributed by atoms with Crippen molar-refractivity contribution < 1.29 is 21.9 Å². The lowest BCUT2D eigenvalue weighted by molar-refractivity contribution is 0.282. The molecule has 0 unspecified atom stereocenters. The molecule has 2 rings (SSSR count). The molecule has 31 heavy (non-hydrogen) atoms. The number of hydrogen-bond donors (Lipinski definition) is 1. The van der Waals surface area contributed by atoms with Gasteiger partial charge in [0.2, 0.25) is 0 Å². The number of benzene rings is 2. The van der Waals surface area contributed by atoms with Crippen LogP contribution in [0.3, 0.4) is 0 Å². The van der Waals surface area contributed by atoms with Crippen molar-refractivity contribution in [2.45, 2.75) is 56.4 Å². The molecule has 172 valence electrons. The smallest absolute Gasteiger partial charge is 0.264 e. The fourth-order valence-electron chi connectivity index (χ4n) is 3.13. The van der Waals surface area contributed by atoms with Gasteiger partial charge < -0.3 is 5.11 Å². The van der Waals surface area contributed by atoms with Gasteiger partial charge in [0.05, 0.1) is 28.2 Å². The molecule has 0 saturated carbocycles. The molecule has 0 amide bonds. The zero-order valence-corrected chi connectivity index (χ0v) is 20.8. The maximum Gasteiger partial charge on any atom is 0.264 e. The van der Waals surface area contributed by atoms with E-state index in [0.717, 1.165) is 0 Å². The average Bonchev–Trinajstić information content (AvgIpc) is 2.68. The molecule has 0 aliphatic heterocycles. The van der Waals surface area contributed by atoms with Crippen LogP contribution in [0.25, 0.3) is 0 Å². The van der Waals surface area contributed by atoms with Crippen LogP contribution in [-0.4, -0.2) is 39.0 Å². The van der Waals surface area contributed by atoms with Crippen LogP contribution >= 0.6 is 23.2 Å². The van der Waals surface area contributed by atoms with E-state index in [0.29, 0.717) is 28.5 Å². The van der Waals surface area contributed by atoms with Gasteiger partial charge in [-0.25, -0.2) is 16.8 Å². The molecular weight excluding hydrogens is 481 g/mol. The van der Waals surface area contributed by atoms with E-state index < -0.39 is 31.2 Å². The van der Waals surface area contributed by atoms with Gasteiger partial charge in [-0.05, 0) is 70.0 Å². The first-order valence-electron chi connectivity index (χ1n) is 9.81. The molecule has 0 heterocycles. The van der Waals surface area contributed by atoms with Gasteiger partial charge in [0.15, 0.2) is 9.84 Å². The van der Waals surface area contributed by atoms with Gasteiger partial charge in [-0.2, -0.15) is 0 Å². The van der Waals surface area contributed by atoms with Crippen LogP contribution in [0.2, 0.25) is 10.0 Å². The Kier molecular flexibility index (Phi) is 8.81. The second-order valence-electron chi connectivity index (χ2n) is 7.59. The van der Waals surface area contributed by atoms with E-state index in [1.54, 1.807) is 32.9 Å². The second-order valence-corrected chi connectivity index (χ2v) is 13.0. The molecule has 0 saturated heterocycles. The Labute approximate surface area is 194 Å². The van der Waals surface area contributed by atoms with Crippen molar-refractivity contribution in [3.05, 3.63) is 58.1 Å². The number of rotatable bonds is 10. The Morgan fingerprint density at radius 3 is 2.06 bits per heavy atom. The van der Waals surface area contributed by atoms with Crippen LogP contribution in [0.15, 0.2) is 47.4 Å². The molecule has 1 N–H and O–H groups in total. The monoisotopic (exact) mass is 507 g/mol. The molecule has 10 heteroatoms. The zero-order valence-electron chi connectivity index (χ0n) is 17.6. The van der Waals surface area contributed by atoms with Crippen molar-refractivity contribution in [2.24, 2.45) is 0 Å². The van der Waals surface area contributed by atoms with Crippen molar-refractivity contribution in [2.75, 3.05) is 10.1 Å². The van der Waals surface area contributed by atoms with E-state index in [4.69, 9.17) is 23.2 Å². The number of hydrogen-bond acceptors (Lipinski definition) is 5. The number of sulfone groups is 1. The number of anilines is 1. The minimum Gasteiger partial charge on any atom is -0.392 e. The molecule has 0 aromatic heterocycles. The largest absolute Gasteiger partial charge is 0.392 e. The van der Waals surface area contributed by atoms with Crippen LogP contribution in [0.1, 0.15) is 39.2 Å². The van der Waals surface area contributed by atoms with E-state index in [1.165, 1.54) is 34.6 Å². The molecule has 2 aromatic rings. The number of sulfonamides is 1. The summed E-state index contributed by atoms with van der Waals surface area (Å²) in [6.45, 7) is 4.57. The van der Waals surface area contributed by atoms with Gasteiger partial charge in [0, 0.05) is 21.7 Å². The molecule has 1 atom stereocenters. The second kappa shape index (κ2) is 10.5. The summed E-state index contributed by atoms with van der Waals surface area (Å²) in [5, 5.41) is 10.0. The molecule has 0 spiro atoms. The van der Waals surface area contributed by atoms with Gasteiger partial charge in [-0.1, -0.05) is 29.3 Å². The lowest BCUT2D eigenvalue weighted by Gasteiger charge is -2.32. The minimum atomic E-state index is -4.05. The molecule has 0 fully saturated rings. The van der Waals surface area contributed by atoms with Gasteiger partial charge >= 0.3 is 0 Å². The predicted octanol–water partition coefficient (Wildman–Crippen LogP) is 4.67. The standard InChI is InChI=1S/C21H27Cl2NO5S2/c1-15(2)30(26,27)12-4-5-16(3)24(21-13-19(23)7-6-17(21)14-25)31(28,29)20-10-8-18(22)9-11-20/h6-11,13,15-16,25H,4-5,12,14H2,1-3H3/t16-/m1/s1. The fraction of sp³-hybridized carbons (Fsp3) is 0.429. The van der Waals surface area contributed by atoms with E-state index in [-0.39, 0.29) is 22.9 Å². The van der Waals surface area contributed by atoms with Crippen molar-refractivity contribution in [3.8, 4) is 0 Å². The quantitative estimate of drug-likeness (QED) is 0.504. The van der Waals surface area contributed by atoms with Gasteiger partial charge in [0.25, 0.3) is 10.0 Å². The molecule has 6 nitrogen and oxygen atoms in total. The summed E-state index contributed by atoms with van der Waals surface area (Å²) in [6, 6.07) is 9.82. The summed E-state index contributed by atoms with van der Waals surface area (Å²) in [4.78, 5) is 0.0300. The SMILES string of the molecule is CC(C)S(=O)(=O)CCC[C@@H](C)N(c1cc(Cl)ccc1CO)S(=O)(=O)c1ccc(Cl)cc1. The molecule has 0 aliphatic rings. The van der Waals surface area contributed by atoms with Crippen LogP contribution in [0.4, 0.5) is 5.69 Å². The fourth-order valence-corrected chi connectivity index (χ4v) is 6.18. The summed E-state index contributed by atoms with van der Waals surface area (Å²) in [5.74, 6) is -0.0355. The van der Waals surface area contributed by atoms with Gasteiger partial charge in [0.1, 0.15) is 0 Å². The van der Waals surface area contributed by atoms with Crippen molar-refractivity contribution >= 4 is 48.7 Å². The highest BCUT2D eigenvalue weighted by atomic mass is 35.5. The molecule has 0 aliphatic carbocycles. The Balaban J connectivity index is 2.48.